The quantitative estimate of drug-likeness (QED) is 0.393. The van der Waals surface area contributed by atoms with Gasteiger partial charge in [-0.15, -0.1) is 0 Å². The van der Waals surface area contributed by atoms with Gasteiger partial charge in [-0.3, -0.25) is 9.69 Å². The Balaban J connectivity index is 0.00000441. The summed E-state index contributed by atoms with van der Waals surface area (Å²) < 4.78 is 6.14. The van der Waals surface area contributed by atoms with E-state index in [-0.39, 0.29) is 13.3 Å². The molecule has 2 aliphatic heterocycles. The molecule has 1 aromatic heterocycles. The third-order valence-electron chi connectivity index (χ3n) is 9.65. The molecule has 0 spiro atoms. The van der Waals surface area contributed by atoms with Crippen molar-refractivity contribution in [3.63, 3.8) is 0 Å². The summed E-state index contributed by atoms with van der Waals surface area (Å²) in [4.78, 5) is 22.7. The van der Waals surface area contributed by atoms with E-state index in [1.54, 1.807) is 0 Å². The number of amides is 1. The lowest BCUT2D eigenvalue weighted by Crippen LogP contribution is -2.42. The van der Waals surface area contributed by atoms with E-state index in [2.05, 4.69) is 63.6 Å². The Labute approximate surface area is 238 Å². The second-order valence-corrected chi connectivity index (χ2v) is 12.8. The van der Waals surface area contributed by atoms with Gasteiger partial charge in [-0.25, -0.2) is 4.98 Å². The summed E-state index contributed by atoms with van der Waals surface area (Å²) in [6.07, 6.45) is 4.95. The van der Waals surface area contributed by atoms with Crippen LogP contribution in [0.5, 0.6) is 0 Å². The topological polar surface area (TPSA) is 61.6 Å². The number of piperidine rings is 2. The number of benzene rings is 1. The standard InChI is InChI=1S/C33H52N4O2.H2/c1-21-16-22(2)19-37(18-21)13-9-12-34-33(38)29-10-14-36(15-11-29)20-31-28(8)39-32(35-31)17-30-26(6)24(4)23(3)25(5)27(30)7;/h21-22,29H,9-20H2,1-8H3,(H,34,38);1H/t21-,22+;. The first-order valence-electron chi connectivity index (χ1n) is 15.3. The third kappa shape index (κ3) is 7.32. The minimum absolute atomic E-state index is 0. The normalized spacial score (nSPS) is 21.4. The minimum Gasteiger partial charge on any atom is -0.445 e. The summed E-state index contributed by atoms with van der Waals surface area (Å²) in [5.41, 5.74) is 9.20. The fraction of sp³-hybridized carbons (Fsp3) is 0.697. The number of hydrogen-bond donors (Lipinski definition) is 1. The van der Waals surface area contributed by atoms with Crippen molar-refractivity contribution in [3.8, 4) is 0 Å². The van der Waals surface area contributed by atoms with E-state index in [1.165, 1.54) is 52.9 Å². The van der Waals surface area contributed by atoms with Gasteiger partial charge in [-0.2, -0.15) is 0 Å². The molecule has 2 saturated heterocycles. The van der Waals surface area contributed by atoms with Crippen LogP contribution in [0.25, 0.3) is 0 Å². The van der Waals surface area contributed by atoms with Gasteiger partial charge < -0.3 is 14.6 Å². The molecule has 0 radical (unpaired) electrons. The van der Waals surface area contributed by atoms with Gasteiger partial charge in [0.25, 0.3) is 0 Å². The summed E-state index contributed by atoms with van der Waals surface area (Å²) >= 11 is 0. The zero-order chi connectivity index (χ0) is 28.3. The van der Waals surface area contributed by atoms with E-state index in [0.29, 0.717) is 0 Å². The lowest BCUT2D eigenvalue weighted by atomic mass is 9.88. The monoisotopic (exact) mass is 538 g/mol. The number of aryl methyl sites for hydroxylation is 1. The van der Waals surface area contributed by atoms with E-state index in [0.717, 1.165) is 87.6 Å². The van der Waals surface area contributed by atoms with Crippen LogP contribution in [0, 0.1) is 59.3 Å². The molecular formula is C33H54N4O2. The predicted octanol–water partition coefficient (Wildman–Crippen LogP) is 6.06. The molecule has 0 saturated carbocycles. The minimum atomic E-state index is 0. The van der Waals surface area contributed by atoms with Gasteiger partial charge >= 0.3 is 0 Å². The average molecular weight is 539 g/mol. The molecule has 4 rings (SSSR count). The van der Waals surface area contributed by atoms with E-state index >= 15 is 0 Å². The summed E-state index contributed by atoms with van der Waals surface area (Å²) in [6.45, 7) is 24.8. The highest BCUT2D eigenvalue weighted by molar-refractivity contribution is 5.78. The number of carbonyl (C=O) groups is 1. The zero-order valence-electron chi connectivity index (χ0n) is 25.9. The molecule has 6 nitrogen and oxygen atoms in total. The van der Waals surface area contributed by atoms with Gasteiger partial charge in [0.05, 0.1) is 5.69 Å². The number of nitrogens with zero attached hydrogens (tertiary/aromatic N) is 3. The second kappa shape index (κ2) is 13.0. The Hall–Kier alpha value is -2.18. The molecule has 0 bridgehead atoms. The first-order chi connectivity index (χ1) is 18.5. The number of nitrogens with one attached hydrogen (secondary N) is 1. The molecule has 0 aliphatic carbocycles. The van der Waals surface area contributed by atoms with Crippen molar-refractivity contribution >= 4 is 5.91 Å². The molecule has 3 heterocycles. The molecule has 218 valence electrons. The fourth-order valence-corrected chi connectivity index (χ4v) is 6.90. The second-order valence-electron chi connectivity index (χ2n) is 12.8. The molecule has 0 unspecified atom stereocenters. The van der Waals surface area contributed by atoms with E-state index in [4.69, 9.17) is 9.40 Å². The smallest absolute Gasteiger partial charge is 0.223 e. The van der Waals surface area contributed by atoms with Gasteiger partial charge in [-0.1, -0.05) is 13.8 Å². The molecular weight excluding hydrogens is 484 g/mol. The summed E-state index contributed by atoms with van der Waals surface area (Å²) in [7, 11) is 0. The Kier molecular flexibility index (Phi) is 9.92. The van der Waals surface area contributed by atoms with Crippen molar-refractivity contribution in [2.45, 2.75) is 94.0 Å². The SMILES string of the molecule is Cc1oc(Cc2c(C)c(C)c(C)c(C)c2C)nc1CN1CCC(C(=O)NCCCN2C[C@H](C)C[C@H](C)C2)CC1.[HH]. The first kappa shape index (κ1) is 29.8. The molecule has 1 N–H and O–H groups in total. The predicted molar refractivity (Wildman–Crippen MR) is 161 cm³/mol. The molecule has 1 aromatic carbocycles. The van der Waals surface area contributed by atoms with E-state index in [1.807, 2.05) is 6.92 Å². The zero-order valence-corrected chi connectivity index (χ0v) is 25.9. The van der Waals surface area contributed by atoms with Crippen LogP contribution >= 0.6 is 0 Å². The van der Waals surface area contributed by atoms with Crippen molar-refractivity contribution in [2.75, 3.05) is 39.3 Å². The Bertz CT molecular complexity index is 1110. The van der Waals surface area contributed by atoms with Gasteiger partial charge in [-0.05, 0) is 132 Å². The number of rotatable bonds is 9. The Morgan fingerprint density at radius 3 is 2.13 bits per heavy atom. The Morgan fingerprint density at radius 2 is 1.51 bits per heavy atom. The van der Waals surface area contributed by atoms with Crippen molar-refractivity contribution in [1.29, 1.82) is 0 Å². The Morgan fingerprint density at radius 1 is 0.923 bits per heavy atom. The van der Waals surface area contributed by atoms with Crippen LogP contribution < -0.4 is 5.32 Å². The third-order valence-corrected chi connectivity index (χ3v) is 9.65. The highest BCUT2D eigenvalue weighted by atomic mass is 16.4. The van der Waals surface area contributed by atoms with Crippen molar-refractivity contribution in [2.24, 2.45) is 17.8 Å². The molecule has 6 heteroatoms. The van der Waals surface area contributed by atoms with Crippen LogP contribution in [-0.4, -0.2) is 60.0 Å². The number of hydrogen-bond acceptors (Lipinski definition) is 5. The van der Waals surface area contributed by atoms with Crippen LogP contribution in [-0.2, 0) is 17.8 Å². The molecule has 2 fully saturated rings. The van der Waals surface area contributed by atoms with Gasteiger partial charge in [0.1, 0.15) is 5.76 Å². The fourth-order valence-electron chi connectivity index (χ4n) is 6.90. The number of oxazole rings is 1. The van der Waals surface area contributed by atoms with Crippen LogP contribution in [0.3, 0.4) is 0 Å². The van der Waals surface area contributed by atoms with Crippen molar-refractivity contribution in [3.05, 3.63) is 50.7 Å². The average Bonchev–Trinajstić information content (AvgIpc) is 3.24. The maximum Gasteiger partial charge on any atom is 0.223 e. The van der Waals surface area contributed by atoms with E-state index in [9.17, 15) is 4.79 Å². The van der Waals surface area contributed by atoms with Gasteiger partial charge in [0.2, 0.25) is 5.91 Å². The number of likely N-dealkylation sites (tertiary alicyclic amines) is 2. The lowest BCUT2D eigenvalue weighted by Gasteiger charge is -2.35. The van der Waals surface area contributed by atoms with E-state index < -0.39 is 0 Å². The maximum absolute atomic E-state index is 12.8. The first-order valence-corrected chi connectivity index (χ1v) is 15.3. The number of aromatic nitrogens is 1. The highest BCUT2D eigenvalue weighted by Crippen LogP contribution is 2.29. The van der Waals surface area contributed by atoms with Crippen LogP contribution in [0.2, 0.25) is 0 Å². The largest absolute Gasteiger partial charge is 0.445 e. The highest BCUT2D eigenvalue weighted by Gasteiger charge is 2.26. The van der Waals surface area contributed by atoms with Crippen LogP contribution in [0.15, 0.2) is 4.42 Å². The van der Waals surface area contributed by atoms with Crippen LogP contribution in [0.4, 0.5) is 0 Å². The van der Waals surface area contributed by atoms with Crippen molar-refractivity contribution < 1.29 is 10.6 Å². The summed E-state index contributed by atoms with van der Waals surface area (Å²) in [5, 5.41) is 3.22. The molecule has 1 amide bonds. The number of carbonyl (C=O) groups excluding carboxylic acids is 1. The molecule has 39 heavy (non-hydrogen) atoms. The maximum atomic E-state index is 12.8. The summed E-state index contributed by atoms with van der Waals surface area (Å²) in [5.74, 6) is 3.67. The van der Waals surface area contributed by atoms with Crippen molar-refractivity contribution in [1.82, 2.24) is 20.1 Å². The van der Waals surface area contributed by atoms with Gasteiger partial charge in [0, 0.05) is 39.9 Å². The van der Waals surface area contributed by atoms with Crippen LogP contribution in [0.1, 0.15) is 91.7 Å². The molecule has 2 aliphatic rings. The molecule has 2 aromatic rings. The molecule has 2 atom stereocenters. The lowest BCUT2D eigenvalue weighted by molar-refractivity contribution is -0.126. The summed E-state index contributed by atoms with van der Waals surface area (Å²) in [6, 6.07) is 0. The van der Waals surface area contributed by atoms with Gasteiger partial charge in [0.15, 0.2) is 5.89 Å².